The van der Waals surface area contributed by atoms with Gasteiger partial charge in [-0.05, 0) is 32.3 Å². The Bertz CT molecular complexity index is 1490. The van der Waals surface area contributed by atoms with Crippen LogP contribution in [0, 0.1) is 0 Å². The Hall–Kier alpha value is -4.22. The summed E-state index contributed by atoms with van der Waals surface area (Å²) in [5.74, 6) is -1.35. The third-order valence-corrected chi connectivity index (χ3v) is 6.06. The molecule has 38 heavy (non-hydrogen) atoms. The molecule has 198 valence electrons. The van der Waals surface area contributed by atoms with E-state index in [-0.39, 0.29) is 5.95 Å². The molecule has 10 nitrogen and oxygen atoms in total. The number of amides is 1. The quantitative estimate of drug-likeness (QED) is 0.282. The number of fused-ring (bicyclic) bond motifs is 1. The first-order valence-electron chi connectivity index (χ1n) is 11.6. The number of nitrogens with zero attached hydrogens (tertiary/aromatic N) is 6. The number of aromatic nitrogens is 4. The molecule has 0 aliphatic rings. The third-order valence-electron chi connectivity index (χ3n) is 5.78. The molecule has 3 heterocycles. The highest BCUT2D eigenvalue weighted by Gasteiger charge is 2.19. The van der Waals surface area contributed by atoms with Gasteiger partial charge in [-0.15, -0.1) is 0 Å². The number of carbonyl (C=O) groups is 1. The molecule has 0 saturated carbocycles. The number of nitrogens with one attached hydrogen (secondary N) is 2. The van der Waals surface area contributed by atoms with Crippen molar-refractivity contribution in [2.75, 3.05) is 56.9 Å². The number of hydrogen-bond acceptors (Lipinski definition) is 8. The minimum atomic E-state index is -1.10. The molecule has 0 atom stereocenters. The maximum Gasteiger partial charge on any atom is 0.283 e. The van der Waals surface area contributed by atoms with Gasteiger partial charge in [-0.25, -0.2) is 18.9 Å². The van der Waals surface area contributed by atoms with E-state index in [0.717, 1.165) is 17.6 Å². The molecule has 0 spiro atoms. The predicted octanol–water partition coefficient (Wildman–Crippen LogP) is 4.62. The lowest BCUT2D eigenvalue weighted by molar-refractivity contribution is -0.114. The van der Waals surface area contributed by atoms with E-state index in [0.29, 0.717) is 40.1 Å². The van der Waals surface area contributed by atoms with Crippen molar-refractivity contribution in [3.05, 3.63) is 66.4 Å². The second-order valence-electron chi connectivity index (χ2n) is 8.76. The van der Waals surface area contributed by atoms with Gasteiger partial charge in [0, 0.05) is 38.0 Å². The molecule has 4 aromatic rings. The summed E-state index contributed by atoms with van der Waals surface area (Å²) < 4.78 is 20.9. The smallest absolute Gasteiger partial charge is 0.283 e. The summed E-state index contributed by atoms with van der Waals surface area (Å²) in [6.45, 7) is 4.50. The van der Waals surface area contributed by atoms with Crippen LogP contribution >= 0.6 is 11.6 Å². The van der Waals surface area contributed by atoms with E-state index in [4.69, 9.17) is 16.3 Å². The Balaban J connectivity index is 1.73. The molecule has 3 aromatic heterocycles. The normalized spacial score (nSPS) is 11.0. The first kappa shape index (κ1) is 26.8. The van der Waals surface area contributed by atoms with Crippen LogP contribution in [-0.2, 0) is 4.79 Å². The van der Waals surface area contributed by atoms with E-state index in [2.05, 4.69) is 32.3 Å². The summed E-state index contributed by atoms with van der Waals surface area (Å²) in [5.41, 5.74) is 3.50. The standard InChI is InChI=1S/C26H28ClFN8O2/c1-16(28)25(37)31-19-12-20(23(38-5)13-22(19)35(4)11-10-34(2)3)32-26-29-15-18(27)24(33-26)17-14-30-36-9-7-6-8-21(17)36/h6-9,12-15H,1,10-11H2,2-5H3,(H,31,37)(H,29,32,33). The molecule has 0 radical (unpaired) electrons. The third kappa shape index (κ3) is 5.84. The molecule has 0 fully saturated rings. The molecule has 0 saturated heterocycles. The van der Waals surface area contributed by atoms with Crippen LogP contribution in [-0.4, -0.2) is 71.7 Å². The van der Waals surface area contributed by atoms with Gasteiger partial charge in [0.1, 0.15) is 5.75 Å². The number of anilines is 4. The lowest BCUT2D eigenvalue weighted by Crippen LogP contribution is -2.29. The highest BCUT2D eigenvalue weighted by Crippen LogP contribution is 2.38. The molecule has 0 bridgehead atoms. The van der Waals surface area contributed by atoms with Crippen molar-refractivity contribution in [1.29, 1.82) is 0 Å². The van der Waals surface area contributed by atoms with Crippen LogP contribution in [0.25, 0.3) is 16.8 Å². The number of methoxy groups -OCH3 is 1. The van der Waals surface area contributed by atoms with Crippen molar-refractivity contribution in [3.8, 4) is 17.0 Å². The van der Waals surface area contributed by atoms with Gasteiger partial charge in [0.15, 0.2) is 5.83 Å². The second kappa shape index (κ2) is 11.4. The van der Waals surface area contributed by atoms with E-state index in [9.17, 15) is 9.18 Å². The molecule has 1 aromatic carbocycles. The molecular formula is C26H28ClFN8O2. The largest absolute Gasteiger partial charge is 0.494 e. The molecule has 1 amide bonds. The van der Waals surface area contributed by atoms with E-state index in [1.54, 1.807) is 22.8 Å². The molecule has 0 aliphatic carbocycles. The van der Waals surface area contributed by atoms with Crippen LogP contribution in [0.3, 0.4) is 0 Å². The molecule has 0 unspecified atom stereocenters. The number of pyridine rings is 1. The van der Waals surface area contributed by atoms with Crippen molar-refractivity contribution in [2.24, 2.45) is 0 Å². The van der Waals surface area contributed by atoms with Crippen molar-refractivity contribution in [1.82, 2.24) is 24.5 Å². The van der Waals surface area contributed by atoms with Gasteiger partial charge >= 0.3 is 0 Å². The van der Waals surface area contributed by atoms with Crippen molar-refractivity contribution >= 4 is 46.0 Å². The van der Waals surface area contributed by atoms with Crippen LogP contribution in [0.5, 0.6) is 5.75 Å². The number of rotatable bonds is 10. The zero-order valence-corrected chi connectivity index (χ0v) is 22.3. The van der Waals surface area contributed by atoms with Gasteiger partial charge in [0.05, 0.1) is 52.8 Å². The Morgan fingerprint density at radius 2 is 1.97 bits per heavy atom. The zero-order chi connectivity index (χ0) is 27.4. The summed E-state index contributed by atoms with van der Waals surface area (Å²) in [4.78, 5) is 25.1. The van der Waals surface area contributed by atoms with E-state index in [1.807, 2.05) is 55.3 Å². The number of halogens is 2. The van der Waals surface area contributed by atoms with E-state index in [1.165, 1.54) is 13.3 Å². The van der Waals surface area contributed by atoms with Crippen molar-refractivity contribution in [2.45, 2.75) is 0 Å². The number of ether oxygens (including phenoxy) is 1. The van der Waals surface area contributed by atoms with Crippen LogP contribution in [0.2, 0.25) is 5.02 Å². The SMILES string of the molecule is C=C(F)C(=O)Nc1cc(Nc2ncc(Cl)c(-c3cnn4ccccc34)n2)c(OC)cc1N(C)CCN(C)C. The first-order valence-corrected chi connectivity index (χ1v) is 12.0. The monoisotopic (exact) mass is 538 g/mol. The highest BCUT2D eigenvalue weighted by molar-refractivity contribution is 6.33. The number of likely N-dealkylation sites (N-methyl/N-ethyl adjacent to an activating group) is 2. The minimum Gasteiger partial charge on any atom is -0.494 e. The lowest BCUT2D eigenvalue weighted by atomic mass is 10.2. The molecule has 0 aliphatic heterocycles. The summed E-state index contributed by atoms with van der Waals surface area (Å²) in [7, 11) is 7.32. The molecule has 4 rings (SSSR count). The van der Waals surface area contributed by atoms with E-state index >= 15 is 0 Å². The van der Waals surface area contributed by atoms with Crippen molar-refractivity contribution < 1.29 is 13.9 Å². The summed E-state index contributed by atoms with van der Waals surface area (Å²) in [6.07, 6.45) is 5.00. The molecule has 12 heteroatoms. The Morgan fingerprint density at radius 3 is 2.68 bits per heavy atom. The zero-order valence-electron chi connectivity index (χ0n) is 21.5. The van der Waals surface area contributed by atoms with Gasteiger partial charge in [0.25, 0.3) is 5.91 Å². The van der Waals surface area contributed by atoms with Crippen molar-refractivity contribution in [3.63, 3.8) is 0 Å². The van der Waals surface area contributed by atoms with Gasteiger partial charge in [-0.1, -0.05) is 24.2 Å². The number of hydrogen-bond donors (Lipinski definition) is 2. The fraction of sp³-hybridized carbons (Fsp3) is 0.231. The average Bonchev–Trinajstić information content (AvgIpc) is 3.32. The Labute approximate surface area is 224 Å². The van der Waals surface area contributed by atoms with E-state index < -0.39 is 11.7 Å². The topological polar surface area (TPSA) is 99.9 Å². The number of benzene rings is 1. The Morgan fingerprint density at radius 1 is 1.18 bits per heavy atom. The van der Waals surface area contributed by atoms with Gasteiger partial charge < -0.3 is 25.2 Å². The predicted molar refractivity (Wildman–Crippen MR) is 148 cm³/mol. The molecular weight excluding hydrogens is 511 g/mol. The van der Waals surface area contributed by atoms with Gasteiger partial charge in [-0.3, -0.25) is 4.79 Å². The second-order valence-corrected chi connectivity index (χ2v) is 9.16. The van der Waals surface area contributed by atoms with Crippen LogP contribution in [0.15, 0.2) is 61.3 Å². The van der Waals surface area contributed by atoms with Crippen LogP contribution < -0.4 is 20.3 Å². The highest BCUT2D eigenvalue weighted by atomic mass is 35.5. The summed E-state index contributed by atoms with van der Waals surface area (Å²) in [6, 6.07) is 9.07. The summed E-state index contributed by atoms with van der Waals surface area (Å²) in [5, 5.41) is 10.4. The fourth-order valence-electron chi connectivity index (χ4n) is 3.77. The lowest BCUT2D eigenvalue weighted by Gasteiger charge is -2.26. The maximum absolute atomic E-state index is 13.6. The van der Waals surface area contributed by atoms with Gasteiger partial charge in [-0.2, -0.15) is 5.10 Å². The number of carbonyl (C=O) groups excluding carboxylic acids is 1. The maximum atomic E-state index is 13.6. The summed E-state index contributed by atoms with van der Waals surface area (Å²) >= 11 is 6.45. The van der Waals surface area contributed by atoms with Crippen LogP contribution in [0.1, 0.15) is 0 Å². The minimum absolute atomic E-state index is 0.235. The average molecular weight is 539 g/mol. The van der Waals surface area contributed by atoms with Crippen LogP contribution in [0.4, 0.5) is 27.4 Å². The fourth-order valence-corrected chi connectivity index (χ4v) is 3.96. The van der Waals surface area contributed by atoms with Gasteiger partial charge in [0.2, 0.25) is 5.95 Å². The first-order chi connectivity index (χ1) is 18.2. The Kier molecular flexibility index (Phi) is 8.08. The molecule has 2 N–H and O–H groups in total.